The van der Waals surface area contributed by atoms with Crippen molar-refractivity contribution < 1.29 is 0 Å². The van der Waals surface area contributed by atoms with Crippen molar-refractivity contribution in [3.8, 4) is 0 Å². The third kappa shape index (κ3) is 3.19. The van der Waals surface area contributed by atoms with Crippen molar-refractivity contribution in [2.24, 2.45) is 0 Å². The molecule has 0 spiro atoms. The van der Waals surface area contributed by atoms with Gasteiger partial charge in [-0.25, -0.2) is 0 Å². The Bertz CT molecular complexity index is 818. The maximum absolute atomic E-state index is 3.86. The zero-order valence-electron chi connectivity index (χ0n) is 13.7. The van der Waals surface area contributed by atoms with Crippen molar-refractivity contribution in [2.45, 2.75) is 13.8 Å². The lowest BCUT2D eigenvalue weighted by Crippen LogP contribution is -2.11. The Balaban J connectivity index is 2.18. The fraction of sp³-hybridized carbons (Fsp3) is 0.0909. The van der Waals surface area contributed by atoms with Crippen LogP contribution in [0, 0.1) is 13.8 Å². The van der Waals surface area contributed by atoms with E-state index in [1.165, 1.54) is 22.5 Å². The van der Waals surface area contributed by atoms with Gasteiger partial charge in [0.1, 0.15) is 0 Å². The zero-order valence-corrected chi connectivity index (χ0v) is 13.7. The van der Waals surface area contributed by atoms with Crippen molar-refractivity contribution in [1.82, 2.24) is 0 Å². The van der Waals surface area contributed by atoms with Crippen LogP contribution in [-0.4, -0.2) is 0 Å². The van der Waals surface area contributed by atoms with E-state index in [1.54, 1.807) is 0 Å². The molecule has 0 bridgehead atoms. The number of nitrogens with zero attached hydrogens (tertiary/aromatic N) is 1. The highest BCUT2D eigenvalue weighted by molar-refractivity contribution is 5.79. The number of anilines is 3. The highest BCUT2D eigenvalue weighted by Crippen LogP contribution is 2.36. The van der Waals surface area contributed by atoms with Gasteiger partial charge < -0.3 is 4.90 Å². The van der Waals surface area contributed by atoms with Crippen LogP contribution in [0.3, 0.4) is 0 Å². The van der Waals surface area contributed by atoms with Crippen molar-refractivity contribution in [3.63, 3.8) is 0 Å². The molecule has 23 heavy (non-hydrogen) atoms. The minimum atomic E-state index is 1.14. The molecule has 0 unspecified atom stereocenters. The number of benzene rings is 3. The second-order valence-electron chi connectivity index (χ2n) is 5.76. The van der Waals surface area contributed by atoms with E-state index in [1.807, 2.05) is 12.1 Å². The zero-order chi connectivity index (χ0) is 16.2. The molecule has 1 heteroatoms. The second kappa shape index (κ2) is 6.53. The number of hydrogen-bond acceptors (Lipinski definition) is 1. The molecule has 3 aromatic rings. The molecule has 0 N–H and O–H groups in total. The summed E-state index contributed by atoms with van der Waals surface area (Å²) in [5.41, 5.74) is 7.14. The SMILES string of the molecule is C=Cc1ccc(N(c2ccccc2)c2cccc(C)c2)c(C)c1. The molecule has 0 radical (unpaired) electrons. The largest absolute Gasteiger partial charge is 0.310 e. The van der Waals surface area contributed by atoms with Gasteiger partial charge in [-0.2, -0.15) is 0 Å². The van der Waals surface area contributed by atoms with Gasteiger partial charge in [-0.05, 0) is 66.9 Å². The van der Waals surface area contributed by atoms with Crippen LogP contribution in [-0.2, 0) is 0 Å². The van der Waals surface area contributed by atoms with Crippen LogP contribution in [0.2, 0.25) is 0 Å². The predicted molar refractivity (Wildman–Crippen MR) is 101 cm³/mol. The van der Waals surface area contributed by atoms with Crippen molar-refractivity contribution >= 4 is 23.1 Å². The molecule has 1 nitrogen and oxygen atoms in total. The summed E-state index contributed by atoms with van der Waals surface area (Å²) in [4.78, 5) is 2.30. The van der Waals surface area contributed by atoms with E-state index in [-0.39, 0.29) is 0 Å². The minimum absolute atomic E-state index is 1.14. The topological polar surface area (TPSA) is 3.24 Å². The minimum Gasteiger partial charge on any atom is -0.310 e. The van der Waals surface area contributed by atoms with E-state index >= 15 is 0 Å². The molecule has 114 valence electrons. The van der Waals surface area contributed by atoms with Gasteiger partial charge in [0.2, 0.25) is 0 Å². The van der Waals surface area contributed by atoms with E-state index in [9.17, 15) is 0 Å². The van der Waals surface area contributed by atoms with Gasteiger partial charge in [-0.1, -0.05) is 49.1 Å². The van der Waals surface area contributed by atoms with E-state index in [0.29, 0.717) is 0 Å². The molecule has 0 atom stereocenters. The third-order valence-corrected chi connectivity index (χ3v) is 3.97. The Kier molecular flexibility index (Phi) is 4.29. The monoisotopic (exact) mass is 299 g/mol. The number of aryl methyl sites for hydroxylation is 2. The molecular formula is C22H21N. The van der Waals surface area contributed by atoms with Gasteiger partial charge in [-0.15, -0.1) is 0 Å². The van der Waals surface area contributed by atoms with Gasteiger partial charge in [-0.3, -0.25) is 0 Å². The average Bonchev–Trinajstić information content (AvgIpc) is 2.57. The molecule has 0 aliphatic carbocycles. The summed E-state index contributed by atoms with van der Waals surface area (Å²) >= 11 is 0. The average molecular weight is 299 g/mol. The summed E-state index contributed by atoms with van der Waals surface area (Å²) in [7, 11) is 0. The van der Waals surface area contributed by atoms with E-state index < -0.39 is 0 Å². The highest BCUT2D eigenvalue weighted by atomic mass is 15.1. The van der Waals surface area contributed by atoms with Crippen LogP contribution in [0.15, 0.2) is 79.4 Å². The van der Waals surface area contributed by atoms with E-state index in [0.717, 1.165) is 11.3 Å². The first-order chi connectivity index (χ1) is 11.2. The van der Waals surface area contributed by atoms with E-state index in [2.05, 4.69) is 92.1 Å². The van der Waals surface area contributed by atoms with E-state index in [4.69, 9.17) is 0 Å². The molecule has 0 aromatic heterocycles. The lowest BCUT2D eigenvalue weighted by Gasteiger charge is -2.27. The Hall–Kier alpha value is -2.80. The van der Waals surface area contributed by atoms with Crippen molar-refractivity contribution in [1.29, 1.82) is 0 Å². The standard InChI is InChI=1S/C22H21N/c1-4-19-13-14-22(18(3)16-19)23(20-10-6-5-7-11-20)21-12-8-9-17(2)15-21/h4-16H,1H2,2-3H3. The molecule has 0 saturated carbocycles. The molecule has 3 rings (SSSR count). The van der Waals surface area contributed by atoms with Crippen LogP contribution in [0.4, 0.5) is 17.1 Å². The van der Waals surface area contributed by atoms with Crippen LogP contribution >= 0.6 is 0 Å². The number of hydrogen-bond donors (Lipinski definition) is 0. The maximum Gasteiger partial charge on any atom is 0.0491 e. The number of para-hydroxylation sites is 1. The first-order valence-electron chi connectivity index (χ1n) is 7.84. The normalized spacial score (nSPS) is 10.3. The molecule has 0 aliphatic heterocycles. The summed E-state index contributed by atoms with van der Waals surface area (Å²) in [6, 6.07) is 25.5. The maximum atomic E-state index is 3.86. The molecule has 0 fully saturated rings. The lowest BCUT2D eigenvalue weighted by molar-refractivity contribution is 1.24. The Morgan fingerprint density at radius 3 is 2.17 bits per heavy atom. The molecule has 3 aromatic carbocycles. The first kappa shape index (κ1) is 15.1. The van der Waals surface area contributed by atoms with Crippen LogP contribution in [0.25, 0.3) is 6.08 Å². The molecule has 0 heterocycles. The first-order valence-corrected chi connectivity index (χ1v) is 7.84. The van der Waals surface area contributed by atoms with Gasteiger partial charge in [0.05, 0.1) is 0 Å². The van der Waals surface area contributed by atoms with Crippen molar-refractivity contribution in [3.05, 3.63) is 96.1 Å². The number of rotatable bonds is 4. The molecular weight excluding hydrogens is 278 g/mol. The lowest BCUT2D eigenvalue weighted by atomic mass is 10.1. The quantitative estimate of drug-likeness (QED) is 0.537. The van der Waals surface area contributed by atoms with Gasteiger partial charge in [0, 0.05) is 17.1 Å². The fourth-order valence-electron chi connectivity index (χ4n) is 2.83. The molecule has 0 amide bonds. The van der Waals surface area contributed by atoms with Gasteiger partial charge in [0.25, 0.3) is 0 Å². The van der Waals surface area contributed by atoms with Gasteiger partial charge >= 0.3 is 0 Å². The van der Waals surface area contributed by atoms with Gasteiger partial charge in [0.15, 0.2) is 0 Å². The summed E-state index contributed by atoms with van der Waals surface area (Å²) in [5, 5.41) is 0. The molecule has 0 aliphatic rings. The smallest absolute Gasteiger partial charge is 0.0491 e. The summed E-state index contributed by atoms with van der Waals surface area (Å²) < 4.78 is 0. The highest BCUT2D eigenvalue weighted by Gasteiger charge is 2.14. The van der Waals surface area contributed by atoms with Crippen LogP contribution in [0.1, 0.15) is 16.7 Å². The van der Waals surface area contributed by atoms with Crippen LogP contribution in [0.5, 0.6) is 0 Å². The van der Waals surface area contributed by atoms with Crippen molar-refractivity contribution in [2.75, 3.05) is 4.90 Å². The third-order valence-electron chi connectivity index (χ3n) is 3.97. The predicted octanol–water partition coefficient (Wildman–Crippen LogP) is 6.42. The Morgan fingerprint density at radius 2 is 1.52 bits per heavy atom. The summed E-state index contributed by atoms with van der Waals surface area (Å²) in [5.74, 6) is 0. The second-order valence-corrected chi connectivity index (χ2v) is 5.76. The Morgan fingerprint density at radius 1 is 0.783 bits per heavy atom. The summed E-state index contributed by atoms with van der Waals surface area (Å²) in [6.45, 7) is 8.13. The summed E-state index contributed by atoms with van der Waals surface area (Å²) in [6.07, 6.45) is 1.89. The fourth-order valence-corrected chi connectivity index (χ4v) is 2.83. The Labute approximate surface area is 138 Å². The molecule has 0 saturated heterocycles. The van der Waals surface area contributed by atoms with Crippen LogP contribution < -0.4 is 4.90 Å².